The van der Waals surface area contributed by atoms with Gasteiger partial charge >= 0.3 is 0 Å². The van der Waals surface area contributed by atoms with Crippen LogP contribution in [-0.4, -0.2) is 40.1 Å². The summed E-state index contributed by atoms with van der Waals surface area (Å²) in [5.41, 5.74) is 6.35. The van der Waals surface area contributed by atoms with Gasteiger partial charge in [-0.1, -0.05) is 36.9 Å². The molecule has 0 unspecified atom stereocenters. The molecule has 3 aromatic rings. The zero-order valence-electron chi connectivity index (χ0n) is 18.6. The third-order valence-corrected chi connectivity index (χ3v) is 10.1. The fourth-order valence-corrected chi connectivity index (χ4v) is 7.15. The van der Waals surface area contributed by atoms with E-state index in [-0.39, 0.29) is 20.4 Å². The van der Waals surface area contributed by atoms with Gasteiger partial charge in [0.15, 0.2) is 0 Å². The number of para-hydroxylation sites is 1. The average Bonchev–Trinajstić information content (AvgIpc) is 3.58. The van der Waals surface area contributed by atoms with Crippen LogP contribution in [0.3, 0.4) is 0 Å². The Kier molecular flexibility index (Phi) is 7.26. The van der Waals surface area contributed by atoms with E-state index >= 15 is 0 Å². The minimum atomic E-state index is -3.82. The van der Waals surface area contributed by atoms with E-state index in [4.69, 9.17) is 0 Å². The molecule has 184 valence electrons. The van der Waals surface area contributed by atoms with Crippen LogP contribution in [0.25, 0.3) is 5.70 Å². The summed E-state index contributed by atoms with van der Waals surface area (Å²) < 4.78 is 54.5. The lowest BCUT2D eigenvalue weighted by Gasteiger charge is -2.16. The summed E-state index contributed by atoms with van der Waals surface area (Å²) in [4.78, 5) is 13.0. The molecule has 1 fully saturated rings. The predicted octanol–water partition coefficient (Wildman–Crippen LogP) is 3.24. The second-order valence-corrected chi connectivity index (χ2v) is 12.6. The number of nitrogens with zero attached hydrogens (tertiary/aromatic N) is 1. The first kappa shape index (κ1) is 24.9. The highest BCUT2D eigenvalue weighted by molar-refractivity contribution is 7.94. The quantitative estimate of drug-likeness (QED) is 0.364. The zero-order chi connectivity index (χ0) is 25.1. The van der Waals surface area contributed by atoms with Crippen LogP contribution in [0.15, 0.2) is 81.7 Å². The molecule has 2 heterocycles. The van der Waals surface area contributed by atoms with Crippen LogP contribution in [0.5, 0.6) is 0 Å². The maximum atomic E-state index is 12.8. The van der Waals surface area contributed by atoms with Crippen molar-refractivity contribution in [2.24, 2.45) is 0 Å². The number of hydrazine groups is 1. The standard InChI is InChI=1S/C23H24N4O5S3/c1-17(18-10-12-19(13-11-18)35(31,32)27-14-4-5-15-27)24-25-23(28)20-7-2-3-8-21(20)26-34(29,30)22-9-6-16-33-22/h2-3,6-13,16,24,26H,1,4-5,14-15H2,(H,25,28). The van der Waals surface area contributed by atoms with Crippen LogP contribution in [0.2, 0.25) is 0 Å². The van der Waals surface area contributed by atoms with Crippen molar-refractivity contribution in [2.45, 2.75) is 21.9 Å². The Balaban J connectivity index is 1.41. The molecular formula is C23H24N4O5S3. The van der Waals surface area contributed by atoms with Crippen molar-refractivity contribution in [1.29, 1.82) is 0 Å². The van der Waals surface area contributed by atoms with Gasteiger partial charge in [0.1, 0.15) is 4.21 Å². The number of sulfonamides is 2. The Labute approximate surface area is 208 Å². The lowest BCUT2D eigenvalue weighted by Crippen LogP contribution is -2.36. The predicted molar refractivity (Wildman–Crippen MR) is 136 cm³/mol. The first-order valence-electron chi connectivity index (χ1n) is 10.7. The summed E-state index contributed by atoms with van der Waals surface area (Å²) >= 11 is 1.07. The van der Waals surface area contributed by atoms with Gasteiger partial charge in [0, 0.05) is 13.1 Å². The van der Waals surface area contributed by atoms with Crippen LogP contribution in [0.4, 0.5) is 5.69 Å². The van der Waals surface area contributed by atoms with Crippen LogP contribution in [0, 0.1) is 0 Å². The minimum Gasteiger partial charge on any atom is -0.298 e. The van der Waals surface area contributed by atoms with Crippen molar-refractivity contribution < 1.29 is 21.6 Å². The van der Waals surface area contributed by atoms with E-state index in [1.807, 2.05) is 0 Å². The number of amides is 1. The number of hydrogen-bond donors (Lipinski definition) is 3. The van der Waals surface area contributed by atoms with Gasteiger partial charge in [0.05, 0.1) is 21.8 Å². The fraction of sp³-hybridized carbons (Fsp3) is 0.174. The van der Waals surface area contributed by atoms with Crippen LogP contribution >= 0.6 is 11.3 Å². The maximum absolute atomic E-state index is 12.8. The molecular weight excluding hydrogens is 508 g/mol. The molecule has 0 bridgehead atoms. The van der Waals surface area contributed by atoms with Gasteiger partial charge in [-0.3, -0.25) is 20.4 Å². The van der Waals surface area contributed by atoms with Crippen LogP contribution < -0.4 is 15.6 Å². The monoisotopic (exact) mass is 532 g/mol. The zero-order valence-corrected chi connectivity index (χ0v) is 21.0. The normalized spacial score (nSPS) is 14.4. The van der Waals surface area contributed by atoms with Gasteiger partial charge in [0.2, 0.25) is 10.0 Å². The number of carbonyl (C=O) groups is 1. The lowest BCUT2D eigenvalue weighted by molar-refractivity contribution is 0.0943. The van der Waals surface area contributed by atoms with Gasteiger partial charge < -0.3 is 0 Å². The van der Waals surface area contributed by atoms with E-state index in [0.29, 0.717) is 24.4 Å². The van der Waals surface area contributed by atoms with Gasteiger partial charge in [0.25, 0.3) is 15.9 Å². The largest absolute Gasteiger partial charge is 0.298 e. The van der Waals surface area contributed by atoms with E-state index in [2.05, 4.69) is 22.2 Å². The Hall–Kier alpha value is -3.19. The summed E-state index contributed by atoms with van der Waals surface area (Å²) in [6.45, 7) is 4.93. The Bertz CT molecular complexity index is 1430. The van der Waals surface area contributed by atoms with Crippen molar-refractivity contribution in [1.82, 2.24) is 15.2 Å². The molecule has 0 atom stereocenters. The highest BCUT2D eigenvalue weighted by atomic mass is 32.2. The summed E-state index contributed by atoms with van der Waals surface area (Å²) in [5, 5.41) is 1.65. The highest BCUT2D eigenvalue weighted by Crippen LogP contribution is 2.24. The van der Waals surface area contributed by atoms with Gasteiger partial charge in [-0.2, -0.15) is 4.31 Å². The van der Waals surface area contributed by atoms with E-state index < -0.39 is 26.0 Å². The topological polar surface area (TPSA) is 125 Å². The van der Waals surface area contributed by atoms with E-state index in [0.717, 1.165) is 24.2 Å². The molecule has 3 N–H and O–H groups in total. The van der Waals surface area contributed by atoms with E-state index in [1.165, 1.54) is 34.6 Å². The number of nitrogens with one attached hydrogen (secondary N) is 3. The van der Waals surface area contributed by atoms with Crippen molar-refractivity contribution in [3.05, 3.63) is 83.7 Å². The van der Waals surface area contributed by atoms with Crippen molar-refractivity contribution in [3.8, 4) is 0 Å². The molecule has 0 saturated carbocycles. The van der Waals surface area contributed by atoms with Gasteiger partial charge in [-0.15, -0.1) is 11.3 Å². The fourth-order valence-electron chi connectivity index (χ4n) is 3.56. The van der Waals surface area contributed by atoms with E-state index in [1.54, 1.807) is 35.7 Å². The Morgan fingerprint density at radius 2 is 1.57 bits per heavy atom. The first-order chi connectivity index (χ1) is 16.7. The van der Waals surface area contributed by atoms with Crippen molar-refractivity contribution in [2.75, 3.05) is 17.8 Å². The second kappa shape index (κ2) is 10.2. The molecule has 12 heteroatoms. The summed E-state index contributed by atoms with van der Waals surface area (Å²) in [7, 11) is -7.35. The van der Waals surface area contributed by atoms with Crippen LogP contribution in [0.1, 0.15) is 28.8 Å². The summed E-state index contributed by atoms with van der Waals surface area (Å²) in [6, 6.07) is 15.5. The number of benzene rings is 2. The minimum absolute atomic E-state index is 0.111. The molecule has 0 radical (unpaired) electrons. The summed E-state index contributed by atoms with van der Waals surface area (Å²) in [6.07, 6.45) is 1.71. The highest BCUT2D eigenvalue weighted by Gasteiger charge is 2.27. The molecule has 4 rings (SSSR count). The number of carbonyl (C=O) groups excluding carboxylic acids is 1. The molecule has 0 aliphatic carbocycles. The van der Waals surface area contributed by atoms with E-state index in [9.17, 15) is 21.6 Å². The maximum Gasteiger partial charge on any atom is 0.271 e. The molecule has 2 aromatic carbocycles. The summed E-state index contributed by atoms with van der Waals surface area (Å²) in [5.74, 6) is -0.580. The molecule has 1 amide bonds. The molecule has 35 heavy (non-hydrogen) atoms. The molecule has 1 aliphatic rings. The van der Waals surface area contributed by atoms with Crippen LogP contribution in [-0.2, 0) is 20.0 Å². The number of rotatable bonds is 9. The Morgan fingerprint density at radius 3 is 2.23 bits per heavy atom. The lowest BCUT2D eigenvalue weighted by atomic mass is 10.1. The average molecular weight is 533 g/mol. The van der Waals surface area contributed by atoms with Crippen molar-refractivity contribution >= 4 is 48.7 Å². The number of hydrogen-bond acceptors (Lipinski definition) is 7. The molecule has 1 aliphatic heterocycles. The number of anilines is 1. The van der Waals surface area contributed by atoms with Gasteiger partial charge in [-0.25, -0.2) is 16.8 Å². The van der Waals surface area contributed by atoms with Gasteiger partial charge in [-0.05, 0) is 54.1 Å². The first-order valence-corrected chi connectivity index (χ1v) is 14.5. The molecule has 1 aromatic heterocycles. The molecule has 0 spiro atoms. The second-order valence-electron chi connectivity index (χ2n) is 7.78. The molecule has 1 saturated heterocycles. The smallest absolute Gasteiger partial charge is 0.271 e. The van der Waals surface area contributed by atoms with Crippen molar-refractivity contribution in [3.63, 3.8) is 0 Å². The third-order valence-electron chi connectivity index (χ3n) is 5.41. The Morgan fingerprint density at radius 1 is 0.886 bits per heavy atom. The third kappa shape index (κ3) is 5.56. The number of thiophene rings is 1. The SMILES string of the molecule is C=C(NNC(=O)c1ccccc1NS(=O)(=O)c1cccs1)c1ccc(S(=O)(=O)N2CCCC2)cc1. The molecule has 9 nitrogen and oxygen atoms in total.